The van der Waals surface area contributed by atoms with Crippen LogP contribution in [0.5, 0.6) is 0 Å². The van der Waals surface area contributed by atoms with Gasteiger partial charge in [-0.15, -0.1) is 0 Å². The lowest BCUT2D eigenvalue weighted by Gasteiger charge is -2.30. The van der Waals surface area contributed by atoms with Crippen molar-refractivity contribution in [2.24, 2.45) is 0 Å². The minimum atomic E-state index is -3.86. The SMILES string of the molecule is CCNC(=O)N(CCN1CCOCC1)Cc1cnc(S(=O)(=O)Cc2ccc(F)cc2)n1Cc1ccccc1. The number of aromatic nitrogens is 2. The van der Waals surface area contributed by atoms with Gasteiger partial charge in [0, 0.05) is 32.7 Å². The average Bonchev–Trinajstić information content (AvgIpc) is 3.32. The van der Waals surface area contributed by atoms with Gasteiger partial charge in [-0.2, -0.15) is 0 Å². The number of carbonyl (C=O) groups excluding carboxylic acids is 1. The molecule has 0 radical (unpaired) electrons. The third-order valence-electron chi connectivity index (χ3n) is 6.39. The monoisotopic (exact) mass is 543 g/mol. The van der Waals surface area contributed by atoms with Gasteiger partial charge in [-0.25, -0.2) is 22.6 Å². The minimum absolute atomic E-state index is 0.0790. The molecule has 1 fully saturated rings. The Hall–Kier alpha value is -3.28. The van der Waals surface area contributed by atoms with Crippen molar-refractivity contribution in [1.82, 2.24) is 24.7 Å². The fourth-order valence-corrected chi connectivity index (χ4v) is 5.86. The number of hydrogen-bond donors (Lipinski definition) is 1. The lowest BCUT2D eigenvalue weighted by Crippen LogP contribution is -2.46. The average molecular weight is 544 g/mol. The highest BCUT2D eigenvalue weighted by atomic mass is 32.2. The van der Waals surface area contributed by atoms with Gasteiger partial charge < -0.3 is 19.5 Å². The van der Waals surface area contributed by atoms with E-state index in [0.717, 1.165) is 18.7 Å². The molecule has 0 bridgehead atoms. The van der Waals surface area contributed by atoms with Crippen molar-refractivity contribution in [3.63, 3.8) is 0 Å². The molecule has 0 saturated carbocycles. The van der Waals surface area contributed by atoms with E-state index in [0.29, 0.717) is 44.1 Å². The molecule has 0 atom stereocenters. The molecule has 38 heavy (non-hydrogen) atoms. The van der Waals surface area contributed by atoms with Crippen molar-refractivity contribution >= 4 is 15.9 Å². The van der Waals surface area contributed by atoms with E-state index in [4.69, 9.17) is 4.74 Å². The molecule has 0 spiro atoms. The summed E-state index contributed by atoms with van der Waals surface area (Å²) in [6.07, 6.45) is 1.53. The zero-order chi connectivity index (χ0) is 27.0. The summed E-state index contributed by atoms with van der Waals surface area (Å²) >= 11 is 0. The summed E-state index contributed by atoms with van der Waals surface area (Å²) in [5.74, 6) is -0.739. The van der Waals surface area contributed by atoms with Crippen LogP contribution in [-0.2, 0) is 33.4 Å². The Labute approximate surface area is 223 Å². The normalized spacial score (nSPS) is 14.4. The number of nitrogens with zero attached hydrogens (tertiary/aromatic N) is 4. The molecule has 1 saturated heterocycles. The Kier molecular flexibility index (Phi) is 9.48. The lowest BCUT2D eigenvalue weighted by atomic mass is 10.2. The smallest absolute Gasteiger partial charge is 0.317 e. The first-order valence-electron chi connectivity index (χ1n) is 12.7. The fraction of sp³-hybridized carbons (Fsp3) is 0.407. The molecular weight excluding hydrogens is 509 g/mol. The van der Waals surface area contributed by atoms with Gasteiger partial charge in [-0.3, -0.25) is 4.90 Å². The maximum atomic E-state index is 13.5. The molecule has 2 aromatic carbocycles. The molecule has 0 unspecified atom stereocenters. The second-order valence-corrected chi connectivity index (χ2v) is 11.1. The summed E-state index contributed by atoms with van der Waals surface area (Å²) in [4.78, 5) is 21.2. The number of imidazole rings is 1. The van der Waals surface area contributed by atoms with Gasteiger partial charge in [0.2, 0.25) is 15.0 Å². The quantitative estimate of drug-likeness (QED) is 0.400. The Balaban J connectivity index is 1.62. The number of ether oxygens (including phenoxy) is 1. The first kappa shape index (κ1) is 27.7. The van der Waals surface area contributed by atoms with E-state index in [1.807, 2.05) is 37.3 Å². The van der Waals surface area contributed by atoms with Crippen molar-refractivity contribution in [3.05, 3.63) is 83.4 Å². The molecule has 1 aromatic heterocycles. The molecule has 11 heteroatoms. The highest BCUT2D eigenvalue weighted by Gasteiger charge is 2.26. The summed E-state index contributed by atoms with van der Waals surface area (Å²) in [5.41, 5.74) is 1.99. The van der Waals surface area contributed by atoms with Gasteiger partial charge in [0.05, 0.1) is 43.9 Å². The Morgan fingerprint density at radius 3 is 2.47 bits per heavy atom. The number of amides is 2. The summed E-state index contributed by atoms with van der Waals surface area (Å²) < 4.78 is 47.4. The van der Waals surface area contributed by atoms with Crippen LogP contribution in [0, 0.1) is 5.82 Å². The molecule has 4 rings (SSSR count). The molecule has 2 amide bonds. The molecule has 0 aliphatic carbocycles. The van der Waals surface area contributed by atoms with Gasteiger partial charge in [0.15, 0.2) is 0 Å². The van der Waals surface area contributed by atoms with E-state index in [1.54, 1.807) is 9.47 Å². The van der Waals surface area contributed by atoms with E-state index in [2.05, 4.69) is 15.2 Å². The highest BCUT2D eigenvalue weighted by Crippen LogP contribution is 2.21. The summed E-state index contributed by atoms with van der Waals surface area (Å²) in [6.45, 7) is 6.92. The Bertz CT molecular complexity index is 1290. The van der Waals surface area contributed by atoms with Crippen LogP contribution in [0.3, 0.4) is 0 Å². The molecule has 204 valence electrons. The van der Waals surface area contributed by atoms with Crippen LogP contribution in [0.1, 0.15) is 23.7 Å². The van der Waals surface area contributed by atoms with E-state index in [9.17, 15) is 17.6 Å². The molecule has 1 N–H and O–H groups in total. The molecule has 1 aliphatic rings. The molecule has 2 heterocycles. The third kappa shape index (κ3) is 7.40. The van der Waals surface area contributed by atoms with Gasteiger partial charge in [0.1, 0.15) is 5.82 Å². The van der Waals surface area contributed by atoms with E-state index < -0.39 is 15.7 Å². The predicted octanol–water partition coefficient (Wildman–Crippen LogP) is 2.91. The number of urea groups is 1. The van der Waals surface area contributed by atoms with Gasteiger partial charge in [-0.1, -0.05) is 42.5 Å². The second kappa shape index (κ2) is 13.0. The van der Waals surface area contributed by atoms with Crippen LogP contribution >= 0.6 is 0 Å². The number of halogens is 1. The standard InChI is InChI=1S/C27H34FN5O4S/c1-2-29-26(34)32(13-12-31-14-16-37-17-15-31)20-25-18-30-27(33(25)19-22-6-4-3-5-7-22)38(35,36)21-23-8-10-24(28)11-9-23/h3-11,18H,2,12-17,19-21H2,1H3,(H,29,34). The number of sulfone groups is 1. The fourth-order valence-electron chi connectivity index (χ4n) is 4.36. The van der Waals surface area contributed by atoms with Crippen molar-refractivity contribution in [2.75, 3.05) is 45.9 Å². The minimum Gasteiger partial charge on any atom is -0.379 e. The van der Waals surface area contributed by atoms with Crippen LogP contribution in [0.25, 0.3) is 0 Å². The van der Waals surface area contributed by atoms with Crippen molar-refractivity contribution in [1.29, 1.82) is 0 Å². The van der Waals surface area contributed by atoms with Gasteiger partial charge in [-0.05, 0) is 30.2 Å². The molecule has 1 aliphatic heterocycles. The zero-order valence-corrected chi connectivity index (χ0v) is 22.4. The number of benzene rings is 2. The van der Waals surface area contributed by atoms with Crippen molar-refractivity contribution in [2.45, 2.75) is 30.9 Å². The zero-order valence-electron chi connectivity index (χ0n) is 21.6. The van der Waals surface area contributed by atoms with Crippen molar-refractivity contribution in [3.8, 4) is 0 Å². The molecular formula is C27H34FN5O4S. The van der Waals surface area contributed by atoms with Crippen LogP contribution in [-0.4, -0.2) is 79.7 Å². The van der Waals surface area contributed by atoms with E-state index in [1.165, 1.54) is 30.5 Å². The third-order valence-corrected chi connectivity index (χ3v) is 7.99. The van der Waals surface area contributed by atoms with Crippen LogP contribution in [0.2, 0.25) is 0 Å². The number of morpholine rings is 1. The Morgan fingerprint density at radius 1 is 1.08 bits per heavy atom. The highest BCUT2D eigenvalue weighted by molar-refractivity contribution is 7.90. The summed E-state index contributed by atoms with van der Waals surface area (Å²) in [5, 5.41) is 2.78. The van der Waals surface area contributed by atoms with Crippen LogP contribution < -0.4 is 5.32 Å². The lowest BCUT2D eigenvalue weighted by molar-refractivity contribution is 0.0346. The topological polar surface area (TPSA) is 96.8 Å². The maximum Gasteiger partial charge on any atom is 0.317 e. The summed E-state index contributed by atoms with van der Waals surface area (Å²) in [6, 6.07) is 14.7. The number of hydrogen-bond acceptors (Lipinski definition) is 6. The number of rotatable bonds is 11. The first-order valence-corrected chi connectivity index (χ1v) is 14.4. The second-order valence-electron chi connectivity index (χ2n) is 9.20. The Morgan fingerprint density at radius 2 is 1.79 bits per heavy atom. The van der Waals surface area contributed by atoms with E-state index in [-0.39, 0.29) is 30.0 Å². The van der Waals surface area contributed by atoms with Gasteiger partial charge >= 0.3 is 6.03 Å². The molecule has 9 nitrogen and oxygen atoms in total. The molecule has 3 aromatic rings. The van der Waals surface area contributed by atoms with Gasteiger partial charge in [0.25, 0.3) is 0 Å². The van der Waals surface area contributed by atoms with Crippen molar-refractivity contribution < 1.29 is 22.3 Å². The summed E-state index contributed by atoms with van der Waals surface area (Å²) in [7, 11) is -3.86. The number of nitrogens with one attached hydrogen (secondary N) is 1. The largest absolute Gasteiger partial charge is 0.379 e. The van der Waals surface area contributed by atoms with Crippen LogP contribution in [0.4, 0.5) is 9.18 Å². The van der Waals surface area contributed by atoms with E-state index >= 15 is 0 Å². The predicted molar refractivity (Wildman–Crippen MR) is 142 cm³/mol. The first-order chi connectivity index (χ1) is 18.4. The maximum absolute atomic E-state index is 13.5. The van der Waals surface area contributed by atoms with Crippen LogP contribution in [0.15, 0.2) is 66.0 Å². The number of carbonyl (C=O) groups is 1.